The first-order valence-corrected chi connectivity index (χ1v) is 10.6. The summed E-state index contributed by atoms with van der Waals surface area (Å²) >= 11 is 6.12. The SMILES string of the molecule is CC(C)Cc1cc(F)c(-c2nn[nH]n2)c(N2CCN(Cc3ncc(F)cc3Cl)CC2)c1. The fraction of sp³-hybridized carbons (Fsp3) is 0.429. The summed E-state index contributed by atoms with van der Waals surface area (Å²) in [6.07, 6.45) is 1.96. The van der Waals surface area contributed by atoms with Gasteiger partial charge >= 0.3 is 0 Å². The molecule has 7 nitrogen and oxygen atoms in total. The Balaban J connectivity index is 1.54. The molecule has 1 aromatic carbocycles. The van der Waals surface area contributed by atoms with Gasteiger partial charge < -0.3 is 4.90 Å². The van der Waals surface area contributed by atoms with Crippen molar-refractivity contribution in [3.8, 4) is 11.4 Å². The molecular formula is C21H24ClF2N7. The summed E-state index contributed by atoms with van der Waals surface area (Å²) in [5.74, 6) is -0.142. The van der Waals surface area contributed by atoms with Gasteiger partial charge in [0.15, 0.2) is 0 Å². The fourth-order valence-corrected chi connectivity index (χ4v) is 4.11. The first-order valence-electron chi connectivity index (χ1n) is 10.2. The summed E-state index contributed by atoms with van der Waals surface area (Å²) in [5, 5.41) is 14.3. The number of aromatic nitrogens is 5. The van der Waals surface area contributed by atoms with Crippen LogP contribution in [0.3, 0.4) is 0 Å². The zero-order chi connectivity index (χ0) is 22.0. The predicted octanol–water partition coefficient (Wildman–Crippen LogP) is 3.71. The molecule has 0 spiro atoms. The van der Waals surface area contributed by atoms with E-state index < -0.39 is 5.82 Å². The molecule has 2 aromatic heterocycles. The molecule has 1 aliphatic rings. The van der Waals surface area contributed by atoms with E-state index in [2.05, 4.69) is 49.3 Å². The van der Waals surface area contributed by atoms with Crippen LogP contribution in [0.1, 0.15) is 25.1 Å². The summed E-state index contributed by atoms with van der Waals surface area (Å²) in [5.41, 5.74) is 2.72. The highest BCUT2D eigenvalue weighted by Gasteiger charge is 2.25. The summed E-state index contributed by atoms with van der Waals surface area (Å²) < 4.78 is 28.4. The van der Waals surface area contributed by atoms with E-state index in [1.807, 2.05) is 6.07 Å². The Morgan fingerprint density at radius 3 is 2.55 bits per heavy atom. The molecule has 1 N–H and O–H groups in total. The Morgan fingerprint density at radius 2 is 1.90 bits per heavy atom. The maximum absolute atomic E-state index is 15.1. The summed E-state index contributed by atoms with van der Waals surface area (Å²) in [6.45, 7) is 7.60. The van der Waals surface area contributed by atoms with Crippen molar-refractivity contribution in [3.05, 3.63) is 52.3 Å². The van der Waals surface area contributed by atoms with Crippen molar-refractivity contribution < 1.29 is 8.78 Å². The van der Waals surface area contributed by atoms with Crippen molar-refractivity contribution in [2.24, 2.45) is 5.92 Å². The molecule has 0 atom stereocenters. The standard InChI is InChI=1S/C21H24ClF2N7/c1-13(2)7-14-8-17(24)20(21-26-28-29-27-21)19(9-14)31-5-3-30(4-6-31)12-18-16(22)10-15(23)11-25-18/h8-11,13H,3-7,12H2,1-2H3,(H,26,27,28,29). The second-order valence-corrected chi connectivity index (χ2v) is 8.56. The van der Waals surface area contributed by atoms with Crippen molar-refractivity contribution in [3.63, 3.8) is 0 Å². The number of piperazine rings is 1. The number of rotatable bonds is 6. The van der Waals surface area contributed by atoms with Crippen molar-refractivity contribution in [1.29, 1.82) is 0 Å². The molecule has 164 valence electrons. The summed E-state index contributed by atoms with van der Waals surface area (Å²) in [6, 6.07) is 4.87. The second-order valence-electron chi connectivity index (χ2n) is 8.15. The van der Waals surface area contributed by atoms with Crippen molar-refractivity contribution >= 4 is 17.3 Å². The van der Waals surface area contributed by atoms with E-state index in [1.54, 1.807) is 6.07 Å². The monoisotopic (exact) mass is 447 g/mol. The van der Waals surface area contributed by atoms with Crippen molar-refractivity contribution in [2.45, 2.75) is 26.8 Å². The number of anilines is 1. The first-order chi connectivity index (χ1) is 14.9. The fourth-order valence-electron chi connectivity index (χ4n) is 3.89. The second kappa shape index (κ2) is 9.23. The molecule has 1 fully saturated rings. The molecule has 31 heavy (non-hydrogen) atoms. The summed E-state index contributed by atoms with van der Waals surface area (Å²) in [7, 11) is 0. The van der Waals surface area contributed by atoms with Gasteiger partial charge in [-0.25, -0.2) is 8.78 Å². The van der Waals surface area contributed by atoms with Gasteiger partial charge in [-0.05, 0) is 41.3 Å². The van der Waals surface area contributed by atoms with E-state index in [-0.39, 0.29) is 11.6 Å². The van der Waals surface area contributed by atoms with Gasteiger partial charge in [0.1, 0.15) is 11.6 Å². The predicted molar refractivity (Wildman–Crippen MR) is 115 cm³/mol. The molecular weight excluding hydrogens is 424 g/mol. The highest BCUT2D eigenvalue weighted by atomic mass is 35.5. The number of pyridine rings is 1. The minimum Gasteiger partial charge on any atom is -0.368 e. The highest BCUT2D eigenvalue weighted by molar-refractivity contribution is 6.31. The lowest BCUT2D eigenvalue weighted by Gasteiger charge is -2.37. The van der Waals surface area contributed by atoms with Crippen LogP contribution >= 0.6 is 11.6 Å². The van der Waals surface area contributed by atoms with Gasteiger partial charge in [0.2, 0.25) is 5.82 Å². The molecule has 0 unspecified atom stereocenters. The number of halogens is 3. The lowest BCUT2D eigenvalue weighted by molar-refractivity contribution is 0.247. The molecule has 10 heteroatoms. The Hall–Kier alpha value is -2.65. The van der Waals surface area contributed by atoms with Crippen LogP contribution in [0.2, 0.25) is 5.02 Å². The van der Waals surface area contributed by atoms with Crippen LogP contribution in [-0.4, -0.2) is 56.7 Å². The van der Waals surface area contributed by atoms with Crippen LogP contribution in [0.5, 0.6) is 0 Å². The van der Waals surface area contributed by atoms with Gasteiger partial charge in [-0.15, -0.1) is 10.2 Å². The van der Waals surface area contributed by atoms with Gasteiger partial charge in [-0.3, -0.25) is 9.88 Å². The Kier molecular flexibility index (Phi) is 6.43. The smallest absolute Gasteiger partial charge is 0.209 e. The zero-order valence-electron chi connectivity index (χ0n) is 17.4. The number of hydrogen-bond acceptors (Lipinski definition) is 6. The largest absolute Gasteiger partial charge is 0.368 e. The lowest BCUT2D eigenvalue weighted by Crippen LogP contribution is -2.46. The number of H-pyrrole nitrogens is 1. The van der Waals surface area contributed by atoms with Crippen LogP contribution in [0.25, 0.3) is 11.4 Å². The van der Waals surface area contributed by atoms with Crippen LogP contribution in [0.4, 0.5) is 14.5 Å². The first kappa shape index (κ1) is 21.6. The normalized spacial score (nSPS) is 15.1. The Bertz CT molecular complexity index is 1030. The van der Waals surface area contributed by atoms with Crippen molar-refractivity contribution in [2.75, 3.05) is 31.1 Å². The lowest BCUT2D eigenvalue weighted by atomic mass is 9.98. The number of benzene rings is 1. The zero-order valence-corrected chi connectivity index (χ0v) is 18.2. The van der Waals surface area contributed by atoms with Crippen molar-refractivity contribution in [1.82, 2.24) is 30.5 Å². The maximum Gasteiger partial charge on any atom is 0.209 e. The van der Waals surface area contributed by atoms with Gasteiger partial charge in [-0.2, -0.15) is 5.21 Å². The molecule has 3 aromatic rings. The van der Waals surface area contributed by atoms with Gasteiger partial charge in [0.25, 0.3) is 0 Å². The highest BCUT2D eigenvalue weighted by Crippen LogP contribution is 2.34. The maximum atomic E-state index is 15.1. The van der Waals surface area contributed by atoms with Gasteiger partial charge in [0, 0.05) is 32.7 Å². The minimum atomic E-state index is -0.448. The molecule has 0 bridgehead atoms. The van der Waals surface area contributed by atoms with E-state index in [0.29, 0.717) is 41.8 Å². The van der Waals surface area contributed by atoms with E-state index in [9.17, 15) is 4.39 Å². The molecule has 0 radical (unpaired) electrons. The van der Waals surface area contributed by atoms with E-state index in [4.69, 9.17) is 11.6 Å². The molecule has 3 heterocycles. The number of hydrogen-bond donors (Lipinski definition) is 1. The molecule has 0 amide bonds. The minimum absolute atomic E-state index is 0.244. The van der Waals surface area contributed by atoms with Crippen LogP contribution < -0.4 is 4.90 Å². The summed E-state index contributed by atoms with van der Waals surface area (Å²) in [4.78, 5) is 8.46. The van der Waals surface area contributed by atoms with E-state index in [0.717, 1.165) is 30.8 Å². The average molecular weight is 448 g/mol. The molecule has 1 saturated heterocycles. The van der Waals surface area contributed by atoms with Gasteiger partial charge in [-0.1, -0.05) is 25.4 Å². The number of nitrogens with one attached hydrogen (secondary N) is 1. The number of aromatic amines is 1. The average Bonchev–Trinajstić information content (AvgIpc) is 3.24. The number of tetrazole rings is 1. The third-order valence-corrected chi connectivity index (χ3v) is 5.64. The van der Waals surface area contributed by atoms with E-state index in [1.165, 1.54) is 12.3 Å². The van der Waals surface area contributed by atoms with Crippen LogP contribution in [-0.2, 0) is 13.0 Å². The Morgan fingerprint density at radius 1 is 1.13 bits per heavy atom. The molecule has 4 rings (SSSR count). The van der Waals surface area contributed by atoms with Gasteiger partial charge in [0.05, 0.1) is 28.2 Å². The number of nitrogens with zero attached hydrogens (tertiary/aromatic N) is 6. The molecule has 1 aliphatic heterocycles. The van der Waals surface area contributed by atoms with Crippen LogP contribution in [0.15, 0.2) is 24.4 Å². The third-order valence-electron chi connectivity index (χ3n) is 5.31. The topological polar surface area (TPSA) is 73.8 Å². The van der Waals surface area contributed by atoms with E-state index >= 15 is 4.39 Å². The van der Waals surface area contributed by atoms with Crippen LogP contribution in [0, 0.1) is 17.6 Å². The third kappa shape index (κ3) is 4.99. The Labute approximate surface area is 184 Å². The quantitative estimate of drug-likeness (QED) is 0.621. The molecule has 0 aliphatic carbocycles. The molecule has 0 saturated carbocycles.